The molecule has 0 spiro atoms. The molecule has 1 rings (SSSR count). The van der Waals surface area contributed by atoms with Crippen LogP contribution in [-0.4, -0.2) is 35.9 Å². The highest BCUT2D eigenvalue weighted by atomic mass is 16.5. The predicted octanol–water partition coefficient (Wildman–Crippen LogP) is 2.17. The number of carbonyl (C=O) groups excluding carboxylic acids is 1. The molecule has 0 fully saturated rings. The second-order valence-corrected chi connectivity index (χ2v) is 3.54. The molecule has 0 aromatic carbocycles. The number of aliphatic hydroxyl groups is 1. The van der Waals surface area contributed by atoms with E-state index in [2.05, 4.69) is 14.7 Å². The zero-order valence-electron chi connectivity index (χ0n) is 10.9. The number of aliphatic hydroxyl groups excluding tert-OH is 1. The molecule has 1 N–H and O–H groups in total. The molecule has 5 nitrogen and oxygen atoms in total. The minimum absolute atomic E-state index is 0.0180. The maximum Gasteiger partial charge on any atom is 0.343 e. The lowest BCUT2D eigenvalue weighted by atomic mass is 10.2. The van der Waals surface area contributed by atoms with Gasteiger partial charge in [-0.25, -0.2) is 4.79 Å². The lowest BCUT2D eigenvalue weighted by Gasteiger charge is -2.01. The first kappa shape index (κ1) is 14.6. The summed E-state index contributed by atoms with van der Waals surface area (Å²) in [5.74, 6) is -0.835. The van der Waals surface area contributed by atoms with E-state index in [0.29, 0.717) is 6.54 Å². The van der Waals surface area contributed by atoms with Crippen LogP contribution >= 0.6 is 0 Å². The van der Waals surface area contributed by atoms with Crippen LogP contribution in [-0.2, 0) is 9.53 Å². The van der Waals surface area contributed by atoms with Gasteiger partial charge < -0.3 is 9.84 Å². The van der Waals surface area contributed by atoms with Gasteiger partial charge in [-0.05, 0) is 30.7 Å². The van der Waals surface area contributed by atoms with Crippen LogP contribution < -0.4 is 0 Å². The van der Waals surface area contributed by atoms with Crippen molar-refractivity contribution in [3.05, 3.63) is 47.5 Å². The van der Waals surface area contributed by atoms with E-state index in [0.717, 1.165) is 5.56 Å². The zero-order chi connectivity index (χ0) is 14.1. The number of nitrogens with zero attached hydrogens (tertiary/aromatic N) is 2. The monoisotopic (exact) mass is 260 g/mol. The standard InChI is InChI=1S/C14H16N2O3/c1-3-15-10-12(14(18)19-2)13(17)7-6-11-5-4-8-16-9-11/h4-10,17H,3H2,1-2H3. The maximum atomic E-state index is 11.5. The number of hydrogen-bond acceptors (Lipinski definition) is 5. The van der Waals surface area contributed by atoms with Crippen molar-refractivity contribution in [3.8, 4) is 0 Å². The average Bonchev–Trinajstić information content (AvgIpc) is 2.46. The summed E-state index contributed by atoms with van der Waals surface area (Å²) in [4.78, 5) is 19.4. The van der Waals surface area contributed by atoms with E-state index >= 15 is 0 Å². The summed E-state index contributed by atoms with van der Waals surface area (Å²) in [5.41, 5.74) is 0.829. The van der Waals surface area contributed by atoms with Gasteiger partial charge in [-0.15, -0.1) is 0 Å². The molecule has 0 amide bonds. The fraction of sp³-hybridized carbons (Fsp3) is 0.214. The molecular formula is C14H16N2O3. The normalized spacial score (nSPS) is 12.7. The number of carbonyl (C=O) groups is 1. The minimum atomic E-state index is -0.634. The van der Waals surface area contributed by atoms with Crippen molar-refractivity contribution in [2.45, 2.75) is 6.92 Å². The number of esters is 1. The van der Waals surface area contributed by atoms with Crippen LogP contribution in [0.1, 0.15) is 12.5 Å². The molecule has 1 aromatic rings. The van der Waals surface area contributed by atoms with E-state index in [4.69, 9.17) is 0 Å². The van der Waals surface area contributed by atoms with Gasteiger partial charge >= 0.3 is 5.97 Å². The largest absolute Gasteiger partial charge is 0.507 e. The third-order valence-electron chi connectivity index (χ3n) is 2.20. The summed E-state index contributed by atoms with van der Waals surface area (Å²) < 4.78 is 4.59. The van der Waals surface area contributed by atoms with Crippen molar-refractivity contribution in [1.82, 2.24) is 4.98 Å². The molecule has 0 bridgehead atoms. The number of aromatic nitrogens is 1. The quantitative estimate of drug-likeness (QED) is 0.289. The third kappa shape index (κ3) is 4.75. The molecule has 0 radical (unpaired) electrons. The van der Waals surface area contributed by atoms with Crippen molar-refractivity contribution < 1.29 is 14.6 Å². The highest BCUT2D eigenvalue weighted by Crippen LogP contribution is 2.07. The fourth-order valence-corrected chi connectivity index (χ4v) is 1.26. The average molecular weight is 260 g/mol. The molecule has 1 aromatic heterocycles. The van der Waals surface area contributed by atoms with E-state index in [1.807, 2.05) is 13.0 Å². The Morgan fingerprint density at radius 1 is 1.58 bits per heavy atom. The van der Waals surface area contributed by atoms with E-state index in [1.54, 1.807) is 24.5 Å². The maximum absolute atomic E-state index is 11.5. The van der Waals surface area contributed by atoms with E-state index < -0.39 is 5.97 Å². The van der Waals surface area contributed by atoms with Crippen molar-refractivity contribution >= 4 is 18.3 Å². The Kier molecular flexibility index (Phi) is 6.02. The molecule has 1 heterocycles. The fourth-order valence-electron chi connectivity index (χ4n) is 1.26. The van der Waals surface area contributed by atoms with Crippen LogP contribution in [0.2, 0.25) is 0 Å². The first-order valence-corrected chi connectivity index (χ1v) is 5.78. The SMILES string of the molecule is CCN=CC(C(=O)OC)=C(O)C=Cc1cccnc1. The minimum Gasteiger partial charge on any atom is -0.507 e. The van der Waals surface area contributed by atoms with Gasteiger partial charge in [-0.1, -0.05) is 6.07 Å². The van der Waals surface area contributed by atoms with E-state index in [9.17, 15) is 9.90 Å². The molecule has 0 saturated carbocycles. The Bertz CT molecular complexity index is 505. The van der Waals surface area contributed by atoms with Crippen molar-refractivity contribution in [3.63, 3.8) is 0 Å². The number of rotatable bonds is 5. The summed E-state index contributed by atoms with van der Waals surface area (Å²) in [5, 5.41) is 9.88. The molecule has 5 heteroatoms. The molecule has 100 valence electrons. The molecule has 0 aliphatic carbocycles. The van der Waals surface area contributed by atoms with Gasteiger partial charge in [0.15, 0.2) is 0 Å². The van der Waals surface area contributed by atoms with Crippen LogP contribution in [0.25, 0.3) is 6.08 Å². The van der Waals surface area contributed by atoms with Gasteiger partial charge in [-0.3, -0.25) is 9.98 Å². The van der Waals surface area contributed by atoms with Crippen LogP contribution in [0.5, 0.6) is 0 Å². The first-order valence-electron chi connectivity index (χ1n) is 5.78. The van der Waals surface area contributed by atoms with Crippen LogP contribution in [0, 0.1) is 0 Å². The first-order chi connectivity index (χ1) is 9.19. The summed E-state index contributed by atoms with van der Waals surface area (Å²) >= 11 is 0. The smallest absolute Gasteiger partial charge is 0.343 e. The summed E-state index contributed by atoms with van der Waals surface area (Å²) in [6, 6.07) is 3.61. The highest BCUT2D eigenvalue weighted by molar-refractivity contribution is 6.10. The second-order valence-electron chi connectivity index (χ2n) is 3.54. The topological polar surface area (TPSA) is 71.8 Å². The molecular weight excluding hydrogens is 244 g/mol. The van der Waals surface area contributed by atoms with Crippen molar-refractivity contribution in [2.24, 2.45) is 4.99 Å². The van der Waals surface area contributed by atoms with Crippen LogP contribution in [0.3, 0.4) is 0 Å². The Hall–Kier alpha value is -2.43. The molecule has 19 heavy (non-hydrogen) atoms. The van der Waals surface area contributed by atoms with Gasteiger partial charge in [0.25, 0.3) is 0 Å². The third-order valence-corrected chi connectivity index (χ3v) is 2.20. The lowest BCUT2D eigenvalue weighted by Crippen LogP contribution is -2.08. The molecule has 0 saturated heterocycles. The van der Waals surface area contributed by atoms with E-state index in [-0.39, 0.29) is 11.3 Å². The lowest BCUT2D eigenvalue weighted by molar-refractivity contribution is -0.135. The highest BCUT2D eigenvalue weighted by Gasteiger charge is 2.11. The Labute approximate surface area is 112 Å². The number of pyridine rings is 1. The number of methoxy groups -OCH3 is 1. The van der Waals surface area contributed by atoms with Crippen LogP contribution in [0.15, 0.2) is 46.9 Å². The number of aliphatic imine (C=N–C) groups is 1. The second kappa shape index (κ2) is 7.81. The summed E-state index contributed by atoms with van der Waals surface area (Å²) in [6.45, 7) is 2.34. The summed E-state index contributed by atoms with van der Waals surface area (Å²) in [6.07, 6.45) is 7.65. The van der Waals surface area contributed by atoms with Crippen LogP contribution in [0.4, 0.5) is 0 Å². The van der Waals surface area contributed by atoms with Gasteiger partial charge in [0.2, 0.25) is 0 Å². The van der Waals surface area contributed by atoms with Gasteiger partial charge in [0, 0.05) is 25.2 Å². The summed E-state index contributed by atoms with van der Waals surface area (Å²) in [7, 11) is 1.25. The molecule has 0 aliphatic heterocycles. The van der Waals surface area contributed by atoms with E-state index in [1.165, 1.54) is 19.4 Å². The number of ether oxygens (including phenoxy) is 1. The van der Waals surface area contributed by atoms with Gasteiger partial charge in [0.1, 0.15) is 11.3 Å². The zero-order valence-corrected chi connectivity index (χ0v) is 10.9. The van der Waals surface area contributed by atoms with Crippen molar-refractivity contribution in [2.75, 3.05) is 13.7 Å². The van der Waals surface area contributed by atoms with Gasteiger partial charge in [-0.2, -0.15) is 0 Å². The Morgan fingerprint density at radius 2 is 2.37 bits per heavy atom. The Balaban J connectivity index is 2.99. The van der Waals surface area contributed by atoms with Gasteiger partial charge in [0.05, 0.1) is 7.11 Å². The molecule has 0 aliphatic rings. The Morgan fingerprint density at radius 3 is 2.95 bits per heavy atom. The number of allylic oxidation sites excluding steroid dienone is 1. The predicted molar refractivity (Wildman–Crippen MR) is 74.0 cm³/mol. The molecule has 0 unspecified atom stereocenters. The molecule has 0 atom stereocenters. The van der Waals surface area contributed by atoms with Crippen molar-refractivity contribution in [1.29, 1.82) is 0 Å². The number of hydrogen-bond donors (Lipinski definition) is 1.